The fraction of sp³-hybridized carbons (Fsp3) is 0.444. The van der Waals surface area contributed by atoms with Gasteiger partial charge in [0, 0.05) is 4.88 Å². The van der Waals surface area contributed by atoms with Crippen molar-refractivity contribution >= 4 is 17.2 Å². The Hall–Kier alpha value is -0.870. The minimum absolute atomic E-state index is 0.106. The van der Waals surface area contributed by atoms with E-state index in [9.17, 15) is 4.79 Å². The fourth-order valence-electron chi connectivity index (χ4n) is 0.919. The summed E-state index contributed by atoms with van der Waals surface area (Å²) in [5, 5.41) is 4.82. The molecule has 0 saturated carbocycles. The minimum atomic E-state index is -0.430. The number of hydrogen-bond donors (Lipinski definition) is 2. The zero-order valence-corrected chi connectivity index (χ0v) is 8.65. The highest BCUT2D eigenvalue weighted by molar-refractivity contribution is 7.10. The second-order valence-electron chi connectivity index (χ2n) is 3.10. The summed E-state index contributed by atoms with van der Waals surface area (Å²) >= 11 is 1.65. The number of amides is 1. The van der Waals surface area contributed by atoms with Crippen LogP contribution in [0.2, 0.25) is 0 Å². The molecule has 0 aliphatic heterocycles. The van der Waals surface area contributed by atoms with Crippen LogP contribution in [0.5, 0.6) is 0 Å². The van der Waals surface area contributed by atoms with E-state index in [4.69, 9.17) is 5.73 Å². The molecule has 0 spiro atoms. The first kappa shape index (κ1) is 10.2. The number of nitrogens with two attached hydrogens (primary N) is 1. The van der Waals surface area contributed by atoms with Crippen LogP contribution in [0.1, 0.15) is 17.4 Å². The predicted octanol–water partition coefficient (Wildman–Crippen LogP) is 1.02. The molecular formula is C9H14N2OS. The van der Waals surface area contributed by atoms with E-state index in [1.54, 1.807) is 18.3 Å². The Balaban J connectivity index is 2.39. The van der Waals surface area contributed by atoms with Gasteiger partial charge in [-0.3, -0.25) is 4.79 Å². The maximum atomic E-state index is 11.1. The lowest BCUT2D eigenvalue weighted by Crippen LogP contribution is -2.37. The van der Waals surface area contributed by atoms with Gasteiger partial charge in [-0.1, -0.05) is 0 Å². The van der Waals surface area contributed by atoms with E-state index in [-0.39, 0.29) is 5.91 Å². The summed E-state index contributed by atoms with van der Waals surface area (Å²) in [7, 11) is 0. The molecule has 0 bridgehead atoms. The Bertz CT molecular complexity index is 294. The van der Waals surface area contributed by atoms with Gasteiger partial charge in [-0.2, -0.15) is 0 Å². The Labute approximate surface area is 81.9 Å². The zero-order chi connectivity index (χ0) is 9.84. The van der Waals surface area contributed by atoms with E-state index in [1.165, 1.54) is 5.56 Å². The highest BCUT2D eigenvalue weighted by Gasteiger charge is 2.06. The second kappa shape index (κ2) is 4.39. The van der Waals surface area contributed by atoms with E-state index in [0.29, 0.717) is 6.54 Å². The van der Waals surface area contributed by atoms with Crippen LogP contribution in [0, 0.1) is 6.92 Å². The molecule has 0 aromatic carbocycles. The third-order valence-electron chi connectivity index (χ3n) is 1.64. The molecule has 0 unspecified atom stereocenters. The van der Waals surface area contributed by atoms with Crippen molar-refractivity contribution in [2.45, 2.75) is 26.4 Å². The third-order valence-corrected chi connectivity index (χ3v) is 2.69. The van der Waals surface area contributed by atoms with Crippen LogP contribution in [-0.4, -0.2) is 11.9 Å². The number of hydrogen-bond acceptors (Lipinski definition) is 3. The van der Waals surface area contributed by atoms with Gasteiger partial charge in [0.2, 0.25) is 5.91 Å². The summed E-state index contributed by atoms with van der Waals surface area (Å²) < 4.78 is 0. The predicted molar refractivity (Wildman–Crippen MR) is 54.6 cm³/mol. The Morgan fingerprint density at radius 1 is 1.77 bits per heavy atom. The summed E-state index contributed by atoms with van der Waals surface area (Å²) in [4.78, 5) is 12.3. The molecule has 1 amide bonds. The maximum absolute atomic E-state index is 11.1. The quantitative estimate of drug-likeness (QED) is 0.762. The largest absolute Gasteiger partial charge is 0.350 e. The van der Waals surface area contributed by atoms with Crippen molar-refractivity contribution in [3.05, 3.63) is 21.9 Å². The molecule has 0 aliphatic carbocycles. The molecule has 13 heavy (non-hydrogen) atoms. The molecule has 0 saturated heterocycles. The Kier molecular flexibility index (Phi) is 3.45. The normalized spacial score (nSPS) is 12.5. The number of nitrogens with one attached hydrogen (secondary N) is 1. The van der Waals surface area contributed by atoms with Crippen molar-refractivity contribution in [3.63, 3.8) is 0 Å². The van der Waals surface area contributed by atoms with Crippen molar-refractivity contribution in [2.24, 2.45) is 5.73 Å². The molecule has 0 aliphatic rings. The minimum Gasteiger partial charge on any atom is -0.350 e. The van der Waals surface area contributed by atoms with Crippen LogP contribution in [-0.2, 0) is 11.3 Å². The molecule has 1 aromatic rings. The van der Waals surface area contributed by atoms with Crippen LogP contribution < -0.4 is 11.1 Å². The average molecular weight is 198 g/mol. The zero-order valence-electron chi connectivity index (χ0n) is 7.83. The van der Waals surface area contributed by atoms with Crippen molar-refractivity contribution in [3.8, 4) is 0 Å². The Morgan fingerprint density at radius 2 is 2.46 bits per heavy atom. The standard InChI is InChI=1S/C9H14N2OS/c1-6-3-8(13-5-6)4-11-9(12)7(2)10/h3,5,7H,4,10H2,1-2H3,(H,11,12)/t7-/m1/s1. The molecule has 1 rings (SSSR count). The monoisotopic (exact) mass is 198 g/mol. The highest BCUT2D eigenvalue weighted by Crippen LogP contribution is 2.12. The summed E-state index contributed by atoms with van der Waals surface area (Å²) in [6, 6.07) is 1.63. The van der Waals surface area contributed by atoms with Gasteiger partial charge < -0.3 is 11.1 Å². The van der Waals surface area contributed by atoms with E-state index < -0.39 is 6.04 Å². The van der Waals surface area contributed by atoms with Crippen LogP contribution in [0.15, 0.2) is 11.4 Å². The molecule has 3 N–H and O–H groups in total. The van der Waals surface area contributed by atoms with Crippen LogP contribution in [0.25, 0.3) is 0 Å². The number of thiophene rings is 1. The average Bonchev–Trinajstić information content (AvgIpc) is 2.47. The first-order valence-corrected chi connectivity index (χ1v) is 5.05. The van der Waals surface area contributed by atoms with Crippen LogP contribution in [0.3, 0.4) is 0 Å². The van der Waals surface area contributed by atoms with Gasteiger partial charge in [0.1, 0.15) is 0 Å². The van der Waals surface area contributed by atoms with Crippen LogP contribution in [0.4, 0.5) is 0 Å². The maximum Gasteiger partial charge on any atom is 0.236 e. The van der Waals surface area contributed by atoms with Gasteiger partial charge >= 0.3 is 0 Å². The van der Waals surface area contributed by atoms with E-state index in [2.05, 4.69) is 16.8 Å². The van der Waals surface area contributed by atoms with E-state index in [1.807, 2.05) is 6.92 Å². The topological polar surface area (TPSA) is 55.1 Å². The lowest BCUT2D eigenvalue weighted by molar-refractivity contribution is -0.122. The van der Waals surface area contributed by atoms with Gasteiger partial charge in [-0.25, -0.2) is 0 Å². The Morgan fingerprint density at radius 3 is 2.92 bits per heavy atom. The van der Waals surface area contributed by atoms with Crippen LogP contribution >= 0.6 is 11.3 Å². The molecule has 4 heteroatoms. The fourth-order valence-corrected chi connectivity index (χ4v) is 1.73. The molecule has 1 heterocycles. The summed E-state index contributed by atoms with van der Waals surface area (Å²) in [6.45, 7) is 4.29. The SMILES string of the molecule is Cc1csc(CNC(=O)[C@@H](C)N)c1. The van der Waals surface area contributed by atoms with Crippen molar-refractivity contribution in [1.29, 1.82) is 0 Å². The first-order valence-electron chi connectivity index (χ1n) is 4.17. The molecule has 3 nitrogen and oxygen atoms in total. The van der Waals surface area contributed by atoms with Crippen molar-refractivity contribution in [1.82, 2.24) is 5.32 Å². The molecule has 72 valence electrons. The van der Waals surface area contributed by atoms with Gasteiger partial charge in [0.05, 0.1) is 12.6 Å². The lowest BCUT2D eigenvalue weighted by atomic mass is 10.3. The van der Waals surface area contributed by atoms with Gasteiger partial charge in [0.15, 0.2) is 0 Å². The molecular weight excluding hydrogens is 184 g/mol. The molecule has 1 atom stereocenters. The van der Waals surface area contributed by atoms with Gasteiger partial charge in [-0.15, -0.1) is 11.3 Å². The smallest absolute Gasteiger partial charge is 0.236 e. The number of carbonyl (C=O) groups excluding carboxylic acids is 1. The van der Waals surface area contributed by atoms with E-state index in [0.717, 1.165) is 4.88 Å². The van der Waals surface area contributed by atoms with Gasteiger partial charge in [0.25, 0.3) is 0 Å². The lowest BCUT2D eigenvalue weighted by Gasteiger charge is -2.05. The first-order chi connectivity index (χ1) is 6.09. The number of carbonyl (C=O) groups is 1. The van der Waals surface area contributed by atoms with Crippen molar-refractivity contribution in [2.75, 3.05) is 0 Å². The van der Waals surface area contributed by atoms with Gasteiger partial charge in [-0.05, 0) is 30.9 Å². The number of aryl methyl sites for hydroxylation is 1. The third kappa shape index (κ3) is 3.16. The molecule has 0 radical (unpaired) electrons. The molecule has 0 fully saturated rings. The summed E-state index contributed by atoms with van der Waals surface area (Å²) in [5.41, 5.74) is 6.63. The summed E-state index contributed by atoms with van der Waals surface area (Å²) in [5.74, 6) is -0.106. The number of rotatable bonds is 3. The summed E-state index contributed by atoms with van der Waals surface area (Å²) in [6.07, 6.45) is 0. The van der Waals surface area contributed by atoms with E-state index >= 15 is 0 Å². The highest BCUT2D eigenvalue weighted by atomic mass is 32.1. The second-order valence-corrected chi connectivity index (χ2v) is 4.09. The molecule has 1 aromatic heterocycles. The van der Waals surface area contributed by atoms with Crippen molar-refractivity contribution < 1.29 is 4.79 Å².